The van der Waals surface area contributed by atoms with Gasteiger partial charge in [0.25, 0.3) is 0 Å². The van der Waals surface area contributed by atoms with Crippen molar-refractivity contribution in [1.29, 1.82) is 0 Å². The summed E-state index contributed by atoms with van der Waals surface area (Å²) >= 11 is 0. The quantitative estimate of drug-likeness (QED) is 0.192. The highest BCUT2D eigenvalue weighted by Gasteiger charge is 2.21. The van der Waals surface area contributed by atoms with Crippen LogP contribution in [0.4, 0.5) is 0 Å². The maximum atomic E-state index is 13.3. The molecule has 0 radical (unpaired) electrons. The van der Waals surface area contributed by atoms with Crippen LogP contribution in [0.1, 0.15) is 5.56 Å². The lowest BCUT2D eigenvalue weighted by atomic mass is 9.92. The summed E-state index contributed by atoms with van der Waals surface area (Å²) in [5, 5.41) is 38.3. The first-order valence-electron chi connectivity index (χ1n) is 15.1. The van der Waals surface area contributed by atoms with Crippen molar-refractivity contribution in [2.45, 2.75) is 6.54 Å². The Bertz CT molecular complexity index is 1630. The third-order valence-corrected chi connectivity index (χ3v) is 8.47. The number of carbonyl (C=O) groups excluding carboxylic acids is 1. The summed E-state index contributed by atoms with van der Waals surface area (Å²) in [6.07, 6.45) is 0. The van der Waals surface area contributed by atoms with Gasteiger partial charge in [-0.15, -0.1) is 0 Å². The van der Waals surface area contributed by atoms with E-state index in [1.807, 2.05) is 11.0 Å². The topological polar surface area (TPSA) is 154 Å². The van der Waals surface area contributed by atoms with Gasteiger partial charge in [-0.2, -0.15) is 0 Å². The van der Waals surface area contributed by atoms with E-state index in [9.17, 15) is 34.5 Å². The molecule has 1 aliphatic heterocycles. The van der Waals surface area contributed by atoms with Crippen LogP contribution in [-0.4, -0.2) is 137 Å². The molecule has 0 aliphatic carbocycles. The van der Waals surface area contributed by atoms with E-state index in [4.69, 9.17) is 0 Å². The van der Waals surface area contributed by atoms with Gasteiger partial charge in [0.15, 0.2) is 0 Å². The van der Waals surface area contributed by atoms with E-state index in [2.05, 4.69) is 53.8 Å². The number of nitrogens with one attached hydrogen (secondary N) is 1. The number of carbonyl (C=O) groups is 4. The SMILES string of the molecule is O=C(O)CN1CCN(CC(=O)O)CCN(CC(=O)NCc2ccc3ccc4cccc5ccc2c3c45)CCN(CC(=O)O)CC1. The minimum Gasteiger partial charge on any atom is -0.480 e. The van der Waals surface area contributed by atoms with E-state index in [1.165, 1.54) is 21.5 Å². The summed E-state index contributed by atoms with van der Waals surface area (Å²) in [5.74, 6) is -3.17. The van der Waals surface area contributed by atoms with Crippen LogP contribution in [0.5, 0.6) is 0 Å². The van der Waals surface area contributed by atoms with Crippen molar-refractivity contribution in [2.75, 3.05) is 78.5 Å². The molecule has 0 bridgehead atoms. The van der Waals surface area contributed by atoms with E-state index in [0.29, 0.717) is 58.9 Å². The fourth-order valence-corrected chi connectivity index (χ4v) is 6.19. The van der Waals surface area contributed by atoms with Gasteiger partial charge in [-0.3, -0.25) is 38.8 Å². The first-order chi connectivity index (χ1) is 21.7. The highest BCUT2D eigenvalue weighted by atomic mass is 16.4. The van der Waals surface area contributed by atoms with Crippen LogP contribution in [0.3, 0.4) is 0 Å². The molecule has 1 fully saturated rings. The fraction of sp³-hybridized carbons (Fsp3) is 0.394. The number of aliphatic carboxylic acids is 3. The zero-order valence-electron chi connectivity index (χ0n) is 25.2. The smallest absolute Gasteiger partial charge is 0.317 e. The molecule has 4 N–H and O–H groups in total. The number of hydrogen-bond donors (Lipinski definition) is 4. The number of rotatable bonds is 10. The molecule has 238 valence electrons. The molecule has 0 saturated carbocycles. The van der Waals surface area contributed by atoms with Gasteiger partial charge in [0, 0.05) is 58.9 Å². The monoisotopic (exact) mass is 617 g/mol. The molecular formula is C33H39N5O7. The maximum Gasteiger partial charge on any atom is 0.317 e. The first-order valence-corrected chi connectivity index (χ1v) is 15.1. The summed E-state index contributed by atoms with van der Waals surface area (Å²) in [5.41, 5.74) is 1.01. The second-order valence-electron chi connectivity index (χ2n) is 11.6. The zero-order chi connectivity index (χ0) is 31.9. The number of amides is 1. The van der Waals surface area contributed by atoms with Crippen molar-refractivity contribution in [3.63, 3.8) is 0 Å². The summed E-state index contributed by atoms with van der Waals surface area (Å²) < 4.78 is 0. The Morgan fingerprint density at radius 2 is 0.933 bits per heavy atom. The van der Waals surface area contributed by atoms with Crippen molar-refractivity contribution in [2.24, 2.45) is 0 Å². The number of hydrogen-bond acceptors (Lipinski definition) is 8. The second-order valence-corrected chi connectivity index (χ2v) is 11.6. The predicted octanol–water partition coefficient (Wildman–Crippen LogP) is 1.68. The molecule has 1 amide bonds. The zero-order valence-corrected chi connectivity index (χ0v) is 25.2. The van der Waals surface area contributed by atoms with Gasteiger partial charge in [0.05, 0.1) is 26.2 Å². The minimum absolute atomic E-state index is 0.0682. The van der Waals surface area contributed by atoms with Crippen molar-refractivity contribution in [1.82, 2.24) is 24.9 Å². The van der Waals surface area contributed by atoms with Crippen molar-refractivity contribution < 1.29 is 34.5 Å². The molecular weight excluding hydrogens is 578 g/mol. The average Bonchev–Trinajstić information content (AvgIpc) is 2.99. The Morgan fingerprint density at radius 1 is 0.533 bits per heavy atom. The minimum atomic E-state index is -1.00. The largest absolute Gasteiger partial charge is 0.480 e. The standard InChI is InChI=1S/C33H39N5O7/c39-28(34-18-26-7-6-25-5-4-23-2-1-3-24-8-9-27(26)33(25)32(23)24)19-35-10-12-36(20-29(40)41)14-16-38(22-31(44)45)17-15-37(13-11-35)21-30(42)43/h1-9H,10-22H2,(H,34,39)(H,40,41)(H,42,43)(H,44,45). The van der Waals surface area contributed by atoms with Crippen molar-refractivity contribution in [3.05, 3.63) is 60.2 Å². The number of nitrogens with zero attached hydrogens (tertiary/aromatic N) is 4. The Morgan fingerprint density at radius 3 is 1.40 bits per heavy atom. The third-order valence-electron chi connectivity index (χ3n) is 8.47. The van der Waals surface area contributed by atoms with Crippen LogP contribution in [0, 0.1) is 0 Å². The highest BCUT2D eigenvalue weighted by molar-refractivity contribution is 6.23. The molecule has 12 heteroatoms. The van der Waals surface area contributed by atoms with Gasteiger partial charge in [-0.25, -0.2) is 0 Å². The van der Waals surface area contributed by atoms with Crippen LogP contribution in [0.2, 0.25) is 0 Å². The van der Waals surface area contributed by atoms with Crippen LogP contribution in [0.25, 0.3) is 32.3 Å². The molecule has 5 rings (SSSR count). The molecule has 12 nitrogen and oxygen atoms in total. The molecule has 0 spiro atoms. The summed E-state index contributed by atoms with van der Waals surface area (Å²) in [6.45, 7) is 2.56. The van der Waals surface area contributed by atoms with Crippen LogP contribution < -0.4 is 5.32 Å². The maximum absolute atomic E-state index is 13.3. The van der Waals surface area contributed by atoms with Gasteiger partial charge in [-0.05, 0) is 37.9 Å². The lowest BCUT2D eigenvalue weighted by molar-refractivity contribution is -0.140. The summed E-state index contributed by atoms with van der Waals surface area (Å²) in [7, 11) is 0. The Kier molecular flexibility index (Phi) is 10.4. The van der Waals surface area contributed by atoms with Gasteiger partial charge in [0.2, 0.25) is 5.91 Å². The summed E-state index contributed by atoms with van der Waals surface area (Å²) in [6, 6.07) is 18.8. The van der Waals surface area contributed by atoms with Crippen LogP contribution >= 0.6 is 0 Å². The van der Waals surface area contributed by atoms with Gasteiger partial charge >= 0.3 is 17.9 Å². The van der Waals surface area contributed by atoms with Gasteiger partial charge in [-0.1, -0.05) is 54.6 Å². The molecule has 0 unspecified atom stereocenters. The van der Waals surface area contributed by atoms with E-state index in [1.54, 1.807) is 14.7 Å². The van der Waals surface area contributed by atoms with Crippen molar-refractivity contribution >= 4 is 56.1 Å². The Hall–Kier alpha value is -4.36. The molecule has 0 aromatic heterocycles. The molecule has 4 aromatic carbocycles. The molecule has 1 saturated heterocycles. The second kappa shape index (κ2) is 14.6. The van der Waals surface area contributed by atoms with Gasteiger partial charge < -0.3 is 20.6 Å². The lowest BCUT2D eigenvalue weighted by Gasteiger charge is -2.32. The first kappa shape index (κ1) is 32.0. The normalized spacial score (nSPS) is 16.9. The Labute approximate surface area is 260 Å². The fourth-order valence-electron chi connectivity index (χ4n) is 6.19. The molecule has 1 heterocycles. The highest BCUT2D eigenvalue weighted by Crippen LogP contribution is 2.35. The molecule has 4 aromatic rings. The number of carboxylic acids is 3. The van der Waals surface area contributed by atoms with Crippen LogP contribution in [0.15, 0.2) is 54.6 Å². The van der Waals surface area contributed by atoms with E-state index in [-0.39, 0.29) is 32.1 Å². The third kappa shape index (κ3) is 8.43. The Balaban J connectivity index is 1.28. The predicted molar refractivity (Wildman–Crippen MR) is 171 cm³/mol. The molecule has 1 aliphatic rings. The van der Waals surface area contributed by atoms with E-state index < -0.39 is 17.9 Å². The number of carboxylic acid groups (broad SMARTS) is 3. The van der Waals surface area contributed by atoms with Crippen molar-refractivity contribution in [3.8, 4) is 0 Å². The summed E-state index contributed by atoms with van der Waals surface area (Å²) in [4.78, 5) is 54.8. The number of benzene rings is 4. The van der Waals surface area contributed by atoms with E-state index in [0.717, 1.165) is 16.3 Å². The average molecular weight is 618 g/mol. The molecule has 45 heavy (non-hydrogen) atoms. The molecule has 0 atom stereocenters. The lowest BCUT2D eigenvalue weighted by Crippen LogP contribution is -2.49. The van der Waals surface area contributed by atoms with Crippen LogP contribution in [-0.2, 0) is 25.7 Å². The van der Waals surface area contributed by atoms with E-state index >= 15 is 0 Å². The van der Waals surface area contributed by atoms with Gasteiger partial charge in [0.1, 0.15) is 0 Å².